The first-order valence-electron chi connectivity index (χ1n) is 14.0. The highest BCUT2D eigenvalue weighted by Gasteiger charge is 2.68. The number of rotatable bonds is 5. The van der Waals surface area contributed by atoms with Crippen LogP contribution in [0.15, 0.2) is 101 Å². The quantitative estimate of drug-likeness (QED) is 0.188. The van der Waals surface area contributed by atoms with E-state index in [-0.39, 0.29) is 36.9 Å². The van der Waals surface area contributed by atoms with E-state index in [0.717, 1.165) is 32.3 Å². The lowest BCUT2D eigenvalue weighted by Gasteiger charge is -2.52. The molecule has 0 aromatic heterocycles. The molecule has 0 saturated carbocycles. The first kappa shape index (κ1) is 25.9. The van der Waals surface area contributed by atoms with Crippen molar-refractivity contribution in [2.75, 3.05) is 11.7 Å². The molecular weight excluding hydrogens is 610 g/mol. The molecule has 4 aromatic rings. The molecule has 1 saturated heterocycles. The Bertz CT molecular complexity index is 1820. The van der Waals surface area contributed by atoms with Crippen LogP contribution in [0.5, 0.6) is 11.5 Å². The minimum absolute atomic E-state index is 0.0804. The van der Waals surface area contributed by atoms with Crippen LogP contribution in [0.1, 0.15) is 33.7 Å². The van der Waals surface area contributed by atoms with Crippen molar-refractivity contribution in [2.45, 2.75) is 17.8 Å². The first-order chi connectivity index (χ1) is 21.0. The number of halogens is 1. The number of hydrazone groups is 1. The summed E-state index contributed by atoms with van der Waals surface area (Å²) in [5.41, 5.74) is 6.76. The lowest BCUT2D eigenvalue weighted by Crippen LogP contribution is -2.54. The highest BCUT2D eigenvalue weighted by atomic mass is 79.9. The van der Waals surface area contributed by atoms with E-state index in [2.05, 4.69) is 26.5 Å². The van der Waals surface area contributed by atoms with Crippen molar-refractivity contribution in [1.82, 2.24) is 5.43 Å². The molecule has 2 bridgehead atoms. The van der Waals surface area contributed by atoms with Gasteiger partial charge in [-0.3, -0.25) is 14.4 Å². The van der Waals surface area contributed by atoms with Gasteiger partial charge in [0.2, 0.25) is 24.5 Å². The molecular formula is C34H24BrN3O5. The van der Waals surface area contributed by atoms with Crippen molar-refractivity contribution in [1.29, 1.82) is 0 Å². The summed E-state index contributed by atoms with van der Waals surface area (Å²) in [6.07, 6.45) is 1.75. The van der Waals surface area contributed by atoms with Gasteiger partial charge >= 0.3 is 0 Å². The molecule has 43 heavy (non-hydrogen) atoms. The van der Waals surface area contributed by atoms with Crippen LogP contribution in [0.4, 0.5) is 5.69 Å². The molecule has 0 radical (unpaired) electrons. The Morgan fingerprint density at radius 1 is 0.907 bits per heavy atom. The number of nitrogens with zero attached hydrogens (tertiary/aromatic N) is 2. The molecule has 3 amide bonds. The summed E-state index contributed by atoms with van der Waals surface area (Å²) in [5.74, 6) is -1.19. The molecule has 212 valence electrons. The number of anilines is 1. The summed E-state index contributed by atoms with van der Waals surface area (Å²) in [6, 6.07) is 28.5. The number of benzene rings is 4. The number of imide groups is 1. The van der Waals surface area contributed by atoms with Crippen molar-refractivity contribution in [2.24, 2.45) is 16.9 Å². The second-order valence-electron chi connectivity index (χ2n) is 11.2. The summed E-state index contributed by atoms with van der Waals surface area (Å²) in [4.78, 5) is 43.0. The van der Waals surface area contributed by atoms with Crippen LogP contribution in [0.25, 0.3) is 0 Å². The van der Waals surface area contributed by atoms with E-state index >= 15 is 0 Å². The van der Waals surface area contributed by atoms with Gasteiger partial charge in [-0.15, -0.1) is 0 Å². The molecule has 2 heterocycles. The number of fused-ring (bicyclic) bond motifs is 1. The summed E-state index contributed by atoms with van der Waals surface area (Å²) < 4.78 is 11.7. The average molecular weight is 634 g/mol. The maximum atomic E-state index is 14.4. The topological polar surface area (TPSA) is 97.3 Å². The minimum Gasteiger partial charge on any atom is -0.454 e. The van der Waals surface area contributed by atoms with Gasteiger partial charge in [0, 0.05) is 16.6 Å². The van der Waals surface area contributed by atoms with Crippen LogP contribution < -0.4 is 19.8 Å². The molecule has 0 unspecified atom stereocenters. The van der Waals surface area contributed by atoms with E-state index in [1.165, 1.54) is 4.90 Å². The van der Waals surface area contributed by atoms with Crippen molar-refractivity contribution in [3.05, 3.63) is 123 Å². The van der Waals surface area contributed by atoms with Crippen molar-refractivity contribution >= 4 is 45.6 Å². The zero-order valence-electron chi connectivity index (χ0n) is 22.7. The minimum atomic E-state index is -1.06. The fourth-order valence-electron chi connectivity index (χ4n) is 7.38. The third kappa shape index (κ3) is 3.74. The predicted molar refractivity (Wildman–Crippen MR) is 162 cm³/mol. The smallest absolute Gasteiger partial charge is 0.244 e. The van der Waals surface area contributed by atoms with E-state index < -0.39 is 17.3 Å². The van der Waals surface area contributed by atoms with Gasteiger partial charge in [-0.25, -0.2) is 10.3 Å². The summed E-state index contributed by atoms with van der Waals surface area (Å²) in [5, 5.41) is 4.49. The number of hydrogen-bond donors (Lipinski definition) is 1. The van der Waals surface area contributed by atoms with E-state index in [4.69, 9.17) is 9.47 Å². The average Bonchev–Trinajstić information content (AvgIpc) is 3.60. The Morgan fingerprint density at radius 2 is 1.58 bits per heavy atom. The Kier molecular flexibility index (Phi) is 5.81. The number of carbonyl (C=O) groups is 3. The molecule has 1 fully saturated rings. The van der Waals surface area contributed by atoms with Gasteiger partial charge in [-0.05, 0) is 64.2 Å². The Morgan fingerprint density at radius 3 is 2.30 bits per heavy atom. The molecule has 2 atom stereocenters. The molecule has 9 heteroatoms. The zero-order valence-corrected chi connectivity index (χ0v) is 24.3. The monoisotopic (exact) mass is 633 g/mol. The maximum absolute atomic E-state index is 14.4. The fraction of sp³-hybridized carbons (Fsp3) is 0.176. The maximum Gasteiger partial charge on any atom is 0.244 e. The van der Waals surface area contributed by atoms with E-state index in [0.29, 0.717) is 17.2 Å². The third-order valence-electron chi connectivity index (χ3n) is 9.03. The summed E-state index contributed by atoms with van der Waals surface area (Å²) >= 11 is 3.44. The highest BCUT2D eigenvalue weighted by molar-refractivity contribution is 9.10. The van der Waals surface area contributed by atoms with E-state index in [1.54, 1.807) is 30.5 Å². The van der Waals surface area contributed by atoms with Crippen LogP contribution in [-0.4, -0.2) is 30.7 Å². The fourth-order valence-corrected chi connectivity index (χ4v) is 7.64. The van der Waals surface area contributed by atoms with Gasteiger partial charge in [-0.2, -0.15) is 5.10 Å². The second kappa shape index (κ2) is 9.64. The molecule has 9 rings (SSSR count). The van der Waals surface area contributed by atoms with Crippen LogP contribution in [0.2, 0.25) is 0 Å². The standard InChI is InChI=1S/C34H24BrN3O5/c35-20-10-12-21(13-11-20)38-32(40)30-29-22-5-1-3-7-24(22)34(31(30)33(38)41,25-8-4-2-6-23(25)29)17-36-37-28(39)16-19-9-14-26-27(15-19)43-18-42-26/h1-15,17,29-31H,16,18H2,(H,37,39)/b36-17-/t29?,30-,31-,34?/m0/s1. The number of ether oxygens (including phenoxy) is 2. The largest absolute Gasteiger partial charge is 0.454 e. The molecule has 8 nitrogen and oxygen atoms in total. The van der Waals surface area contributed by atoms with Crippen molar-refractivity contribution in [3.8, 4) is 11.5 Å². The van der Waals surface area contributed by atoms with Gasteiger partial charge in [0.05, 0.1) is 29.4 Å². The lowest BCUT2D eigenvalue weighted by molar-refractivity contribution is -0.123. The zero-order chi connectivity index (χ0) is 29.3. The second-order valence-corrected chi connectivity index (χ2v) is 12.1. The van der Waals surface area contributed by atoms with Crippen LogP contribution in [0.3, 0.4) is 0 Å². The molecule has 2 aliphatic heterocycles. The van der Waals surface area contributed by atoms with Crippen LogP contribution >= 0.6 is 15.9 Å². The van der Waals surface area contributed by atoms with Crippen molar-refractivity contribution in [3.63, 3.8) is 0 Å². The van der Waals surface area contributed by atoms with Gasteiger partial charge in [0.25, 0.3) is 0 Å². The molecule has 3 aliphatic carbocycles. The van der Waals surface area contributed by atoms with Crippen LogP contribution in [-0.2, 0) is 26.2 Å². The normalized spacial score (nSPS) is 24.2. The molecule has 1 N–H and O–H groups in total. The first-order valence-corrected chi connectivity index (χ1v) is 14.8. The highest BCUT2D eigenvalue weighted by Crippen LogP contribution is 2.63. The van der Waals surface area contributed by atoms with Gasteiger partial charge in [0.1, 0.15) is 0 Å². The van der Waals surface area contributed by atoms with Gasteiger partial charge in [-0.1, -0.05) is 70.5 Å². The van der Waals surface area contributed by atoms with E-state index in [9.17, 15) is 14.4 Å². The number of nitrogens with one attached hydrogen (secondary N) is 1. The Labute approximate surface area is 255 Å². The number of hydrogen-bond acceptors (Lipinski definition) is 6. The predicted octanol–water partition coefficient (Wildman–Crippen LogP) is 5.07. The molecule has 4 aromatic carbocycles. The third-order valence-corrected chi connectivity index (χ3v) is 9.56. The SMILES string of the molecule is O=C(Cc1ccc2c(c1)OCO2)N/N=C\C12c3ccccc3C(c3ccccc31)[C@@H]1C(=O)N(c3ccc(Br)cc3)C(=O)[C@H]12. The van der Waals surface area contributed by atoms with Crippen LogP contribution in [0, 0.1) is 11.8 Å². The van der Waals surface area contributed by atoms with Crippen molar-refractivity contribution < 1.29 is 23.9 Å². The lowest BCUT2D eigenvalue weighted by atomic mass is 9.47. The van der Waals surface area contributed by atoms with E-state index in [1.807, 2.05) is 66.7 Å². The van der Waals surface area contributed by atoms with Gasteiger partial charge < -0.3 is 9.47 Å². The molecule has 0 spiro atoms. The summed E-state index contributed by atoms with van der Waals surface area (Å²) in [7, 11) is 0. The molecule has 5 aliphatic rings. The number of carbonyl (C=O) groups excluding carboxylic acids is 3. The number of amides is 3. The van der Waals surface area contributed by atoms with Gasteiger partial charge in [0.15, 0.2) is 11.5 Å². The Balaban J connectivity index is 1.21. The summed E-state index contributed by atoms with van der Waals surface area (Å²) in [6.45, 7) is 0.157. The Hall–Kier alpha value is -4.76.